The highest BCUT2D eigenvalue weighted by Crippen LogP contribution is 2.32. The smallest absolute Gasteiger partial charge is 0.145 e. The van der Waals surface area contributed by atoms with Crippen molar-refractivity contribution in [3.8, 4) is 28.9 Å². The summed E-state index contributed by atoms with van der Waals surface area (Å²) in [5, 5.41) is 9.33. The number of rotatable bonds is 2. The van der Waals surface area contributed by atoms with Crippen molar-refractivity contribution in [1.29, 1.82) is 5.26 Å². The summed E-state index contributed by atoms with van der Waals surface area (Å²) in [5.74, 6) is 1.73. The topological polar surface area (TPSA) is 50.8 Å². The molecule has 112 valence electrons. The Balaban J connectivity index is 1.83. The van der Waals surface area contributed by atoms with Crippen molar-refractivity contribution in [2.24, 2.45) is 0 Å². The zero-order valence-corrected chi connectivity index (χ0v) is 12.7. The highest BCUT2D eigenvalue weighted by Gasteiger charge is 2.20. The second-order valence-electron chi connectivity index (χ2n) is 5.70. The Morgan fingerprint density at radius 2 is 2.13 bits per heavy atom. The third kappa shape index (κ3) is 2.27. The first kappa shape index (κ1) is 13.6. The molecule has 1 aromatic heterocycles. The average Bonchev–Trinajstić information content (AvgIpc) is 3.19. The molecule has 0 radical (unpaired) electrons. The van der Waals surface area contributed by atoms with Gasteiger partial charge < -0.3 is 4.74 Å². The van der Waals surface area contributed by atoms with Gasteiger partial charge in [0.1, 0.15) is 17.7 Å². The molecule has 0 fully saturated rings. The third-order valence-corrected chi connectivity index (χ3v) is 4.09. The first-order valence-corrected chi connectivity index (χ1v) is 7.59. The lowest BCUT2D eigenvalue weighted by molar-refractivity contribution is 0.254. The highest BCUT2D eigenvalue weighted by molar-refractivity contribution is 5.67. The molecule has 0 amide bonds. The number of fused-ring (bicyclic) bond motifs is 1. The van der Waals surface area contributed by atoms with E-state index < -0.39 is 0 Å². The molecule has 4 heteroatoms. The van der Waals surface area contributed by atoms with Crippen molar-refractivity contribution in [3.63, 3.8) is 0 Å². The lowest BCUT2D eigenvalue weighted by atomic mass is 10.1. The van der Waals surface area contributed by atoms with Gasteiger partial charge in [0, 0.05) is 30.1 Å². The molecule has 2 aromatic carbocycles. The molecule has 2 heterocycles. The van der Waals surface area contributed by atoms with Gasteiger partial charge >= 0.3 is 0 Å². The van der Waals surface area contributed by atoms with E-state index in [2.05, 4.69) is 24.0 Å². The maximum Gasteiger partial charge on any atom is 0.145 e. The Morgan fingerprint density at radius 3 is 3.00 bits per heavy atom. The Hall–Kier alpha value is -3.06. The van der Waals surface area contributed by atoms with Gasteiger partial charge in [-0.15, -0.1) is 0 Å². The summed E-state index contributed by atoms with van der Waals surface area (Å²) in [5.41, 5.74) is 3.70. The van der Waals surface area contributed by atoms with Gasteiger partial charge in [-0.3, -0.25) is 4.57 Å². The molecule has 3 aromatic rings. The van der Waals surface area contributed by atoms with Gasteiger partial charge in [0.05, 0.1) is 11.6 Å². The second kappa shape index (κ2) is 5.29. The normalized spacial score (nSPS) is 15.7. The lowest BCUT2D eigenvalue weighted by Crippen LogP contribution is -2.05. The molecule has 1 aliphatic rings. The van der Waals surface area contributed by atoms with Crippen LogP contribution in [0.15, 0.2) is 54.9 Å². The second-order valence-corrected chi connectivity index (χ2v) is 5.70. The summed E-state index contributed by atoms with van der Waals surface area (Å²) in [4.78, 5) is 4.46. The highest BCUT2D eigenvalue weighted by atomic mass is 16.5. The molecule has 1 aliphatic heterocycles. The van der Waals surface area contributed by atoms with Crippen molar-refractivity contribution >= 4 is 0 Å². The fraction of sp³-hybridized carbons (Fsp3) is 0.158. The van der Waals surface area contributed by atoms with Crippen LogP contribution in [0.25, 0.3) is 17.1 Å². The van der Waals surface area contributed by atoms with Crippen molar-refractivity contribution in [3.05, 3.63) is 66.0 Å². The summed E-state index contributed by atoms with van der Waals surface area (Å²) < 4.78 is 7.78. The quantitative estimate of drug-likeness (QED) is 0.724. The molecule has 4 nitrogen and oxygen atoms in total. The Labute approximate surface area is 134 Å². The fourth-order valence-corrected chi connectivity index (χ4v) is 3.04. The zero-order chi connectivity index (χ0) is 15.8. The fourth-order valence-electron chi connectivity index (χ4n) is 3.04. The number of ether oxygens (including phenoxy) is 1. The molecule has 0 N–H and O–H groups in total. The molecule has 0 saturated carbocycles. The minimum absolute atomic E-state index is 0.224. The van der Waals surface area contributed by atoms with Gasteiger partial charge in [0.15, 0.2) is 0 Å². The van der Waals surface area contributed by atoms with E-state index in [-0.39, 0.29) is 6.10 Å². The number of imidazole rings is 1. The van der Waals surface area contributed by atoms with E-state index in [1.165, 1.54) is 5.56 Å². The summed E-state index contributed by atoms with van der Waals surface area (Å²) in [7, 11) is 0. The van der Waals surface area contributed by atoms with E-state index >= 15 is 0 Å². The van der Waals surface area contributed by atoms with Crippen molar-refractivity contribution < 1.29 is 4.74 Å². The van der Waals surface area contributed by atoms with Crippen LogP contribution in [0.2, 0.25) is 0 Å². The Bertz CT molecular complexity index is 920. The van der Waals surface area contributed by atoms with E-state index in [0.29, 0.717) is 5.56 Å². The van der Waals surface area contributed by atoms with Crippen molar-refractivity contribution in [2.45, 2.75) is 19.4 Å². The molecule has 0 saturated heterocycles. The number of benzene rings is 2. The Kier molecular flexibility index (Phi) is 3.13. The van der Waals surface area contributed by atoms with E-state index in [0.717, 1.165) is 29.2 Å². The van der Waals surface area contributed by atoms with Gasteiger partial charge in [0.25, 0.3) is 0 Å². The molecule has 0 spiro atoms. The first-order chi connectivity index (χ1) is 11.3. The van der Waals surface area contributed by atoms with E-state index in [4.69, 9.17) is 4.74 Å². The summed E-state index contributed by atoms with van der Waals surface area (Å²) in [6, 6.07) is 15.9. The van der Waals surface area contributed by atoms with Gasteiger partial charge in [0.2, 0.25) is 0 Å². The molecule has 4 rings (SSSR count). The minimum Gasteiger partial charge on any atom is -0.490 e. The maximum atomic E-state index is 9.33. The SMILES string of the molecule is CC1Cc2cc(-n3ccnc3-c3ccccc3C#N)ccc2O1. The van der Waals surface area contributed by atoms with E-state index in [1.54, 1.807) is 6.20 Å². The maximum absolute atomic E-state index is 9.33. The summed E-state index contributed by atoms with van der Waals surface area (Å²) in [6.07, 6.45) is 4.82. The van der Waals surface area contributed by atoms with E-state index in [9.17, 15) is 5.26 Å². The van der Waals surface area contributed by atoms with Crippen LogP contribution in [0.1, 0.15) is 18.1 Å². The standard InChI is InChI=1S/C19H15N3O/c1-13-10-15-11-16(6-7-18(15)23-13)22-9-8-21-19(22)17-5-3-2-4-14(17)12-20/h2-9,11,13H,10H2,1H3. The molecular weight excluding hydrogens is 286 g/mol. The lowest BCUT2D eigenvalue weighted by Gasteiger charge is -2.10. The number of aromatic nitrogens is 2. The van der Waals surface area contributed by atoms with Crippen LogP contribution in [0.3, 0.4) is 0 Å². The van der Waals surface area contributed by atoms with Gasteiger partial charge in [-0.05, 0) is 42.8 Å². The molecule has 0 aliphatic carbocycles. The molecular formula is C19H15N3O. The number of hydrogen-bond acceptors (Lipinski definition) is 3. The average molecular weight is 301 g/mol. The first-order valence-electron chi connectivity index (χ1n) is 7.59. The molecule has 1 unspecified atom stereocenters. The van der Waals surface area contributed by atoms with Crippen LogP contribution >= 0.6 is 0 Å². The zero-order valence-electron chi connectivity index (χ0n) is 12.7. The molecule has 0 bridgehead atoms. The van der Waals surface area contributed by atoms with Crippen LogP contribution in [0, 0.1) is 11.3 Å². The number of hydrogen-bond donors (Lipinski definition) is 0. The van der Waals surface area contributed by atoms with Crippen LogP contribution in [0.5, 0.6) is 5.75 Å². The Morgan fingerprint density at radius 1 is 1.26 bits per heavy atom. The number of nitrogens with zero attached hydrogens (tertiary/aromatic N) is 3. The van der Waals surface area contributed by atoms with Gasteiger partial charge in [-0.1, -0.05) is 12.1 Å². The summed E-state index contributed by atoms with van der Waals surface area (Å²) in [6.45, 7) is 2.07. The predicted octanol–water partition coefficient (Wildman–Crippen LogP) is 3.73. The van der Waals surface area contributed by atoms with Crippen molar-refractivity contribution in [2.75, 3.05) is 0 Å². The van der Waals surface area contributed by atoms with Crippen LogP contribution < -0.4 is 4.74 Å². The van der Waals surface area contributed by atoms with Crippen LogP contribution in [-0.2, 0) is 6.42 Å². The predicted molar refractivity (Wildman–Crippen MR) is 87.5 cm³/mol. The third-order valence-electron chi connectivity index (χ3n) is 4.09. The van der Waals surface area contributed by atoms with Crippen molar-refractivity contribution in [1.82, 2.24) is 9.55 Å². The van der Waals surface area contributed by atoms with E-state index in [1.807, 2.05) is 47.2 Å². The summed E-state index contributed by atoms with van der Waals surface area (Å²) >= 11 is 0. The van der Waals surface area contributed by atoms with Crippen LogP contribution in [-0.4, -0.2) is 15.7 Å². The van der Waals surface area contributed by atoms with Gasteiger partial charge in [-0.2, -0.15) is 5.26 Å². The minimum atomic E-state index is 0.224. The van der Waals surface area contributed by atoms with Crippen LogP contribution in [0.4, 0.5) is 0 Å². The molecule has 23 heavy (non-hydrogen) atoms. The number of nitriles is 1. The van der Waals surface area contributed by atoms with Gasteiger partial charge in [-0.25, -0.2) is 4.98 Å². The monoisotopic (exact) mass is 301 g/mol. The largest absolute Gasteiger partial charge is 0.490 e. The molecule has 1 atom stereocenters.